The summed E-state index contributed by atoms with van der Waals surface area (Å²) in [5.41, 5.74) is 0. The zero-order valence-corrected chi connectivity index (χ0v) is 4.49. The highest BCUT2D eigenvalue weighted by atomic mass is 35.5. The Kier molecular flexibility index (Phi) is 2.20. The third-order valence-electron chi connectivity index (χ3n) is 0.468. The molecule has 0 radical (unpaired) electrons. The summed E-state index contributed by atoms with van der Waals surface area (Å²) in [6.45, 7) is 0. The zero-order chi connectivity index (χ0) is 6.78. The van der Waals surface area contributed by atoms with Crippen LogP contribution >= 0.6 is 11.6 Å². The first-order valence-corrected chi connectivity index (χ1v) is 2.07. The van der Waals surface area contributed by atoms with Crippen LogP contribution in [0.1, 0.15) is 0 Å². The van der Waals surface area contributed by atoms with Gasteiger partial charge in [-0.25, -0.2) is 0 Å². The molecule has 0 aliphatic rings. The van der Waals surface area contributed by atoms with E-state index >= 15 is 0 Å². The van der Waals surface area contributed by atoms with Gasteiger partial charge in [-0.3, -0.25) is 0 Å². The molecular formula is C4H3ClF2O. The lowest BCUT2D eigenvalue weighted by Gasteiger charge is -2.07. The van der Waals surface area contributed by atoms with Crippen molar-refractivity contribution in [1.29, 1.82) is 0 Å². The van der Waals surface area contributed by atoms with Crippen molar-refractivity contribution in [2.45, 2.75) is 11.5 Å². The van der Waals surface area contributed by atoms with Gasteiger partial charge in [0.25, 0.3) is 0 Å². The lowest BCUT2D eigenvalue weighted by Crippen LogP contribution is -2.24. The van der Waals surface area contributed by atoms with Gasteiger partial charge in [0.15, 0.2) is 6.10 Å². The van der Waals surface area contributed by atoms with E-state index in [0.29, 0.717) is 0 Å². The van der Waals surface area contributed by atoms with E-state index < -0.39 is 11.5 Å². The van der Waals surface area contributed by atoms with Crippen molar-refractivity contribution in [2.75, 3.05) is 0 Å². The van der Waals surface area contributed by atoms with Crippen LogP contribution in [-0.2, 0) is 0 Å². The smallest absolute Gasteiger partial charge is 0.358 e. The molecule has 0 aliphatic heterocycles. The highest BCUT2D eigenvalue weighted by Crippen LogP contribution is 2.22. The molecular weight excluding hydrogens is 137 g/mol. The predicted octanol–water partition coefficient (Wildman–Crippen LogP) is 0.812. The third kappa shape index (κ3) is 2.10. The Morgan fingerprint density at radius 2 is 2.12 bits per heavy atom. The van der Waals surface area contributed by atoms with E-state index in [9.17, 15) is 8.78 Å². The molecule has 4 heteroatoms. The Hall–Kier alpha value is -0.330. The van der Waals surface area contributed by atoms with Crippen molar-refractivity contribution in [1.82, 2.24) is 0 Å². The van der Waals surface area contributed by atoms with Crippen molar-refractivity contribution in [3.63, 3.8) is 0 Å². The topological polar surface area (TPSA) is 20.2 Å². The van der Waals surface area contributed by atoms with Gasteiger partial charge in [0.05, 0.1) is 0 Å². The van der Waals surface area contributed by atoms with Crippen LogP contribution in [-0.4, -0.2) is 16.6 Å². The number of terminal acetylenes is 1. The van der Waals surface area contributed by atoms with E-state index in [1.54, 1.807) is 0 Å². The molecule has 46 valence electrons. The van der Waals surface area contributed by atoms with Crippen LogP contribution in [0.15, 0.2) is 0 Å². The number of halogens is 3. The molecule has 1 atom stereocenters. The molecule has 0 amide bonds. The Balaban J connectivity index is 3.87. The normalized spacial score (nSPS) is 14.9. The maximum atomic E-state index is 11.5. The fraction of sp³-hybridized carbons (Fsp3) is 0.500. The average Bonchev–Trinajstić information content (AvgIpc) is 1.62. The summed E-state index contributed by atoms with van der Waals surface area (Å²) < 4.78 is 23.0. The van der Waals surface area contributed by atoms with E-state index in [2.05, 4.69) is 18.0 Å². The van der Waals surface area contributed by atoms with E-state index in [1.807, 2.05) is 0 Å². The maximum Gasteiger partial charge on any atom is 0.358 e. The highest BCUT2D eigenvalue weighted by molar-refractivity contribution is 6.22. The van der Waals surface area contributed by atoms with Crippen LogP contribution in [0.4, 0.5) is 8.78 Å². The van der Waals surface area contributed by atoms with Crippen LogP contribution in [0.25, 0.3) is 0 Å². The monoisotopic (exact) mass is 140 g/mol. The van der Waals surface area contributed by atoms with Gasteiger partial charge >= 0.3 is 5.38 Å². The fourth-order valence-electron chi connectivity index (χ4n) is 0.0945. The van der Waals surface area contributed by atoms with Gasteiger partial charge in [-0.1, -0.05) is 5.92 Å². The lowest BCUT2D eigenvalue weighted by molar-refractivity contribution is -0.00918. The van der Waals surface area contributed by atoms with Crippen molar-refractivity contribution in [3.8, 4) is 12.3 Å². The summed E-state index contributed by atoms with van der Waals surface area (Å²) in [6.07, 6.45) is 2.20. The third-order valence-corrected chi connectivity index (χ3v) is 0.675. The Bertz CT molecular complexity index is 112. The summed E-state index contributed by atoms with van der Waals surface area (Å²) in [5.74, 6) is 1.38. The first-order chi connectivity index (χ1) is 3.48. The number of aliphatic hydroxyl groups excluding tert-OH is 1. The van der Waals surface area contributed by atoms with Gasteiger partial charge in [0.1, 0.15) is 0 Å². The standard InChI is InChI=1S/C4H3ClF2O/c1-2-3(8)4(5,6)7/h1,3,8H. The molecule has 1 N–H and O–H groups in total. The second-order valence-corrected chi connectivity index (χ2v) is 1.61. The summed E-state index contributed by atoms with van der Waals surface area (Å²) in [4.78, 5) is 0. The summed E-state index contributed by atoms with van der Waals surface area (Å²) in [7, 11) is 0. The first-order valence-electron chi connectivity index (χ1n) is 1.69. The lowest BCUT2D eigenvalue weighted by atomic mass is 10.4. The number of alkyl halides is 3. The summed E-state index contributed by atoms with van der Waals surface area (Å²) in [6, 6.07) is 0. The van der Waals surface area contributed by atoms with Crippen molar-refractivity contribution >= 4 is 11.6 Å². The number of aliphatic hydroxyl groups is 1. The molecule has 1 unspecified atom stereocenters. The summed E-state index contributed by atoms with van der Waals surface area (Å²) >= 11 is 4.26. The van der Waals surface area contributed by atoms with Crippen molar-refractivity contribution < 1.29 is 13.9 Å². The van der Waals surface area contributed by atoms with Gasteiger partial charge in [-0.05, 0) is 11.6 Å². The first kappa shape index (κ1) is 7.67. The minimum absolute atomic E-state index is 1.38. The van der Waals surface area contributed by atoms with Crippen LogP contribution in [0.2, 0.25) is 0 Å². The molecule has 0 saturated carbocycles. The molecule has 1 nitrogen and oxygen atoms in total. The highest BCUT2D eigenvalue weighted by Gasteiger charge is 2.33. The van der Waals surface area contributed by atoms with Gasteiger partial charge in [0, 0.05) is 0 Å². The minimum Gasteiger partial charge on any atom is -0.373 e. The Morgan fingerprint density at radius 1 is 1.75 bits per heavy atom. The van der Waals surface area contributed by atoms with Crippen LogP contribution in [0.3, 0.4) is 0 Å². The zero-order valence-electron chi connectivity index (χ0n) is 3.74. The molecule has 0 fully saturated rings. The second kappa shape index (κ2) is 2.29. The predicted molar refractivity (Wildman–Crippen MR) is 25.6 cm³/mol. The van der Waals surface area contributed by atoms with Crippen molar-refractivity contribution in [3.05, 3.63) is 0 Å². The Morgan fingerprint density at radius 3 is 2.12 bits per heavy atom. The molecule has 8 heavy (non-hydrogen) atoms. The quantitative estimate of drug-likeness (QED) is 0.422. The maximum absolute atomic E-state index is 11.5. The molecule has 0 spiro atoms. The fourth-order valence-corrected chi connectivity index (χ4v) is 0.157. The molecule has 0 saturated heterocycles. The van der Waals surface area contributed by atoms with Gasteiger partial charge in [-0.15, -0.1) is 6.42 Å². The second-order valence-electron chi connectivity index (χ2n) is 1.11. The molecule has 0 bridgehead atoms. The Labute approximate surface area is 50.3 Å². The molecule has 0 rings (SSSR count). The number of hydrogen-bond acceptors (Lipinski definition) is 1. The van der Waals surface area contributed by atoms with Gasteiger partial charge < -0.3 is 5.11 Å². The van der Waals surface area contributed by atoms with E-state index in [1.165, 1.54) is 5.92 Å². The van der Waals surface area contributed by atoms with E-state index in [0.717, 1.165) is 0 Å². The SMILES string of the molecule is C#CC(O)C(F)(F)Cl. The van der Waals surface area contributed by atoms with Gasteiger partial charge in [0.2, 0.25) is 0 Å². The van der Waals surface area contributed by atoms with Crippen LogP contribution < -0.4 is 0 Å². The minimum atomic E-state index is -3.70. The molecule has 0 aromatic rings. The average molecular weight is 141 g/mol. The van der Waals surface area contributed by atoms with E-state index in [4.69, 9.17) is 5.11 Å². The number of rotatable bonds is 1. The van der Waals surface area contributed by atoms with Crippen LogP contribution in [0, 0.1) is 12.3 Å². The number of hydrogen-bond donors (Lipinski definition) is 1. The summed E-state index contributed by atoms with van der Waals surface area (Å²) in [5, 5.41) is 4.38. The van der Waals surface area contributed by atoms with Gasteiger partial charge in [-0.2, -0.15) is 8.78 Å². The van der Waals surface area contributed by atoms with Crippen LogP contribution in [0.5, 0.6) is 0 Å². The molecule has 0 aromatic carbocycles. The van der Waals surface area contributed by atoms with E-state index in [-0.39, 0.29) is 0 Å². The molecule has 0 aromatic heterocycles. The van der Waals surface area contributed by atoms with Crippen molar-refractivity contribution in [2.24, 2.45) is 0 Å². The largest absolute Gasteiger partial charge is 0.373 e. The molecule has 0 heterocycles. The molecule has 0 aliphatic carbocycles.